The smallest absolute Gasteiger partial charge is 0.0383 e. The Morgan fingerprint density at radius 3 is 1.50 bits per heavy atom. The van der Waals surface area contributed by atoms with E-state index < -0.39 is 0 Å². The van der Waals surface area contributed by atoms with Gasteiger partial charge in [0.05, 0.1) is 0 Å². The van der Waals surface area contributed by atoms with E-state index in [0.29, 0.717) is 0 Å². The summed E-state index contributed by atoms with van der Waals surface area (Å²) in [6, 6.07) is 0. The third-order valence-corrected chi connectivity index (χ3v) is 4.14. The van der Waals surface area contributed by atoms with Crippen molar-refractivity contribution < 1.29 is 0 Å². The molecule has 0 aromatic heterocycles. The topological polar surface area (TPSA) is 0 Å². The molecule has 1 unspecified atom stereocenters. The van der Waals surface area contributed by atoms with Gasteiger partial charge in [0, 0.05) is 0 Å². The Hall–Kier alpha value is 0. The number of hydrogen-bond donors (Lipinski definition) is 0. The van der Waals surface area contributed by atoms with Gasteiger partial charge < -0.3 is 0 Å². The highest BCUT2D eigenvalue weighted by atomic mass is 14.4. The SMILES string of the molecule is C[C@@H]1CC[C@H]2C[C@H](C)CCC2C1. The van der Waals surface area contributed by atoms with Crippen LogP contribution in [0.15, 0.2) is 0 Å². The van der Waals surface area contributed by atoms with Gasteiger partial charge in [-0.1, -0.05) is 26.7 Å². The molecule has 2 fully saturated rings. The van der Waals surface area contributed by atoms with Gasteiger partial charge in [-0.05, 0) is 49.4 Å². The quantitative estimate of drug-likeness (QED) is 0.512. The maximum atomic E-state index is 2.44. The molecule has 0 heteroatoms. The van der Waals surface area contributed by atoms with Gasteiger partial charge >= 0.3 is 0 Å². The van der Waals surface area contributed by atoms with Crippen LogP contribution in [0.4, 0.5) is 0 Å². The first-order chi connectivity index (χ1) is 5.75. The fourth-order valence-electron chi connectivity index (χ4n) is 3.36. The van der Waals surface area contributed by atoms with Crippen molar-refractivity contribution in [3.63, 3.8) is 0 Å². The molecule has 2 saturated carbocycles. The summed E-state index contributed by atoms with van der Waals surface area (Å²) in [5, 5.41) is 0. The minimum Gasteiger partial charge on any atom is -0.0625 e. The fourth-order valence-corrected chi connectivity index (χ4v) is 3.36. The van der Waals surface area contributed by atoms with Crippen molar-refractivity contribution in [1.82, 2.24) is 0 Å². The molecule has 0 aromatic carbocycles. The molecular weight excluding hydrogens is 144 g/mol. The zero-order valence-corrected chi connectivity index (χ0v) is 8.55. The van der Waals surface area contributed by atoms with E-state index in [1.54, 1.807) is 0 Å². The van der Waals surface area contributed by atoms with Gasteiger partial charge in [0.2, 0.25) is 0 Å². The van der Waals surface area contributed by atoms with Crippen LogP contribution in [0, 0.1) is 23.7 Å². The molecule has 0 nitrogen and oxygen atoms in total. The van der Waals surface area contributed by atoms with Gasteiger partial charge in [-0.15, -0.1) is 0 Å². The van der Waals surface area contributed by atoms with E-state index in [1.165, 1.54) is 38.5 Å². The number of rotatable bonds is 0. The molecule has 0 spiro atoms. The van der Waals surface area contributed by atoms with E-state index in [4.69, 9.17) is 0 Å². The molecule has 0 aromatic rings. The van der Waals surface area contributed by atoms with Crippen LogP contribution < -0.4 is 0 Å². The fraction of sp³-hybridized carbons (Fsp3) is 1.00. The highest BCUT2D eigenvalue weighted by Gasteiger charge is 2.32. The van der Waals surface area contributed by atoms with Crippen LogP contribution in [0.3, 0.4) is 0 Å². The van der Waals surface area contributed by atoms with Gasteiger partial charge in [-0.2, -0.15) is 0 Å². The molecule has 0 heterocycles. The third kappa shape index (κ3) is 1.67. The number of fused-ring (bicyclic) bond motifs is 1. The average molecular weight is 166 g/mol. The summed E-state index contributed by atoms with van der Waals surface area (Å²) in [4.78, 5) is 0. The van der Waals surface area contributed by atoms with Crippen LogP contribution in [0.2, 0.25) is 0 Å². The van der Waals surface area contributed by atoms with Crippen molar-refractivity contribution in [2.24, 2.45) is 23.7 Å². The second-order valence-corrected chi connectivity index (χ2v) is 5.36. The lowest BCUT2D eigenvalue weighted by atomic mass is 9.65. The van der Waals surface area contributed by atoms with Gasteiger partial charge in [0.25, 0.3) is 0 Å². The first-order valence-electron chi connectivity index (χ1n) is 5.75. The lowest BCUT2D eigenvalue weighted by molar-refractivity contribution is 0.109. The van der Waals surface area contributed by atoms with Crippen LogP contribution in [-0.2, 0) is 0 Å². The third-order valence-electron chi connectivity index (χ3n) is 4.14. The van der Waals surface area contributed by atoms with E-state index in [-0.39, 0.29) is 0 Å². The average Bonchev–Trinajstić information content (AvgIpc) is 2.05. The van der Waals surface area contributed by atoms with Crippen molar-refractivity contribution >= 4 is 0 Å². The van der Waals surface area contributed by atoms with E-state index in [2.05, 4.69) is 13.8 Å². The predicted molar refractivity (Wildman–Crippen MR) is 53.0 cm³/mol. The Balaban J connectivity index is 1.94. The van der Waals surface area contributed by atoms with Crippen molar-refractivity contribution in [2.75, 3.05) is 0 Å². The second kappa shape index (κ2) is 3.40. The molecule has 2 aliphatic carbocycles. The van der Waals surface area contributed by atoms with Crippen molar-refractivity contribution in [3.05, 3.63) is 0 Å². The Bertz CT molecular complexity index is 132. The van der Waals surface area contributed by atoms with Gasteiger partial charge in [-0.3, -0.25) is 0 Å². The zero-order chi connectivity index (χ0) is 8.55. The summed E-state index contributed by atoms with van der Waals surface area (Å²) in [5.41, 5.74) is 0. The molecule has 2 rings (SSSR count). The molecule has 0 saturated heterocycles. The molecule has 2 aliphatic rings. The van der Waals surface area contributed by atoms with E-state index in [1.807, 2.05) is 0 Å². The van der Waals surface area contributed by atoms with Crippen LogP contribution in [0.25, 0.3) is 0 Å². The van der Waals surface area contributed by atoms with E-state index >= 15 is 0 Å². The van der Waals surface area contributed by atoms with Crippen molar-refractivity contribution in [1.29, 1.82) is 0 Å². The van der Waals surface area contributed by atoms with Crippen molar-refractivity contribution in [3.8, 4) is 0 Å². The summed E-state index contributed by atoms with van der Waals surface area (Å²) >= 11 is 0. The predicted octanol–water partition coefficient (Wildman–Crippen LogP) is 3.86. The lowest BCUT2D eigenvalue weighted by Crippen LogP contribution is -2.29. The highest BCUT2D eigenvalue weighted by Crippen LogP contribution is 2.44. The molecular formula is C12H22. The normalized spacial score (nSPS) is 48.5. The van der Waals surface area contributed by atoms with Crippen LogP contribution in [-0.4, -0.2) is 0 Å². The molecule has 4 atom stereocenters. The standard InChI is InChI=1S/C12H22/c1-9-3-5-12-8-10(2)4-6-11(12)7-9/h9-12H,3-8H2,1-2H3/t9-,10-,11+,12?/m1/s1. The first-order valence-corrected chi connectivity index (χ1v) is 5.75. The summed E-state index contributed by atoms with van der Waals surface area (Å²) in [7, 11) is 0. The molecule has 12 heavy (non-hydrogen) atoms. The number of hydrogen-bond acceptors (Lipinski definition) is 0. The summed E-state index contributed by atoms with van der Waals surface area (Å²) in [6.45, 7) is 4.88. The monoisotopic (exact) mass is 166 g/mol. The van der Waals surface area contributed by atoms with Gasteiger partial charge in [0.15, 0.2) is 0 Å². The summed E-state index contributed by atoms with van der Waals surface area (Å²) in [5.74, 6) is 4.29. The van der Waals surface area contributed by atoms with Gasteiger partial charge in [-0.25, -0.2) is 0 Å². The van der Waals surface area contributed by atoms with E-state index in [0.717, 1.165) is 23.7 Å². The molecule has 0 aliphatic heterocycles. The van der Waals surface area contributed by atoms with E-state index in [9.17, 15) is 0 Å². The summed E-state index contributed by atoms with van der Waals surface area (Å²) < 4.78 is 0. The lowest BCUT2D eigenvalue weighted by Gasteiger charge is -2.40. The van der Waals surface area contributed by atoms with Gasteiger partial charge in [0.1, 0.15) is 0 Å². The molecule has 70 valence electrons. The van der Waals surface area contributed by atoms with Crippen molar-refractivity contribution in [2.45, 2.75) is 52.4 Å². The Morgan fingerprint density at radius 1 is 0.667 bits per heavy atom. The Morgan fingerprint density at radius 2 is 1.08 bits per heavy atom. The highest BCUT2D eigenvalue weighted by molar-refractivity contribution is 4.83. The minimum absolute atomic E-state index is 1.03. The first kappa shape index (κ1) is 8.59. The van der Waals surface area contributed by atoms with Crippen LogP contribution in [0.5, 0.6) is 0 Å². The second-order valence-electron chi connectivity index (χ2n) is 5.36. The largest absolute Gasteiger partial charge is 0.0625 e. The maximum absolute atomic E-state index is 2.44. The minimum atomic E-state index is 1.03. The molecule has 0 radical (unpaired) electrons. The molecule has 0 bridgehead atoms. The molecule has 0 amide bonds. The van der Waals surface area contributed by atoms with Crippen LogP contribution >= 0.6 is 0 Å². The maximum Gasteiger partial charge on any atom is -0.0383 e. The van der Waals surface area contributed by atoms with Crippen LogP contribution in [0.1, 0.15) is 52.4 Å². The zero-order valence-electron chi connectivity index (χ0n) is 8.55. The Kier molecular flexibility index (Phi) is 2.43. The summed E-state index contributed by atoms with van der Waals surface area (Å²) in [6.07, 6.45) is 9.17. The Labute approximate surface area is 76.7 Å². The molecule has 0 N–H and O–H groups in total.